The predicted octanol–water partition coefficient (Wildman–Crippen LogP) is 2.26. The molecule has 1 amide bonds. The van der Waals surface area contributed by atoms with Crippen molar-refractivity contribution in [3.05, 3.63) is 54.4 Å². The lowest BCUT2D eigenvalue weighted by Gasteiger charge is -2.11. The van der Waals surface area contributed by atoms with E-state index in [1.807, 2.05) is 42.6 Å². The fourth-order valence-corrected chi connectivity index (χ4v) is 1.77. The Morgan fingerprint density at radius 3 is 2.90 bits per heavy atom. The molecule has 0 atom stereocenters. The molecule has 0 fully saturated rings. The Morgan fingerprint density at radius 1 is 1.43 bits per heavy atom. The van der Waals surface area contributed by atoms with E-state index in [1.165, 1.54) is 11.0 Å². The molecule has 0 saturated heterocycles. The van der Waals surface area contributed by atoms with E-state index in [4.69, 9.17) is 5.26 Å². The van der Waals surface area contributed by atoms with Crippen molar-refractivity contribution < 1.29 is 4.79 Å². The highest BCUT2D eigenvalue weighted by Gasteiger charge is 2.04. The zero-order valence-electron chi connectivity index (χ0n) is 11.8. The minimum Gasteiger partial charge on any atom is -0.341 e. The summed E-state index contributed by atoms with van der Waals surface area (Å²) in [7, 11) is 1.68. The first-order valence-electron chi connectivity index (χ1n) is 6.61. The third kappa shape index (κ3) is 4.05. The van der Waals surface area contributed by atoms with Crippen molar-refractivity contribution in [3.63, 3.8) is 0 Å². The van der Waals surface area contributed by atoms with Gasteiger partial charge in [-0.3, -0.25) is 4.79 Å². The predicted molar refractivity (Wildman–Crippen MR) is 80.5 cm³/mol. The number of carbonyl (C=O) groups is 1. The van der Waals surface area contributed by atoms with Crippen molar-refractivity contribution in [2.24, 2.45) is 0 Å². The summed E-state index contributed by atoms with van der Waals surface area (Å²) in [5.41, 5.74) is 1.82. The van der Waals surface area contributed by atoms with Crippen LogP contribution in [0.25, 0.3) is 11.8 Å². The molecule has 0 radical (unpaired) electrons. The molecule has 0 aliphatic carbocycles. The van der Waals surface area contributed by atoms with E-state index in [9.17, 15) is 4.79 Å². The van der Waals surface area contributed by atoms with Crippen LogP contribution in [0.2, 0.25) is 0 Å². The number of rotatable bonds is 5. The van der Waals surface area contributed by atoms with Gasteiger partial charge in [0.2, 0.25) is 5.91 Å². The minimum atomic E-state index is -0.127. The normalized spacial score (nSPS) is 10.5. The average Bonchev–Trinajstić information content (AvgIpc) is 3.00. The maximum absolute atomic E-state index is 11.8. The molecule has 21 heavy (non-hydrogen) atoms. The van der Waals surface area contributed by atoms with Gasteiger partial charge in [0.15, 0.2) is 0 Å². The van der Waals surface area contributed by atoms with Gasteiger partial charge in [0.05, 0.1) is 24.4 Å². The van der Waals surface area contributed by atoms with E-state index in [-0.39, 0.29) is 5.91 Å². The van der Waals surface area contributed by atoms with Crippen molar-refractivity contribution in [1.82, 2.24) is 14.7 Å². The summed E-state index contributed by atoms with van der Waals surface area (Å²) in [6.07, 6.45) is 7.10. The lowest BCUT2D eigenvalue weighted by Crippen LogP contribution is -2.25. The van der Waals surface area contributed by atoms with E-state index in [0.717, 1.165) is 11.3 Å². The number of para-hydroxylation sites is 1. The van der Waals surface area contributed by atoms with Crippen molar-refractivity contribution >= 4 is 12.0 Å². The van der Waals surface area contributed by atoms with Gasteiger partial charge in [0.1, 0.15) is 0 Å². The Morgan fingerprint density at radius 2 is 2.19 bits per heavy atom. The standard InChI is InChI=1S/C16H16N4O/c1-19(11-5-10-17)16(21)9-8-14-12-18-20(13-14)15-6-3-2-4-7-15/h2-4,6-9,12-13H,5,11H2,1H3/b9-8+. The molecule has 1 aromatic carbocycles. The molecule has 0 N–H and O–H groups in total. The van der Waals surface area contributed by atoms with Crippen LogP contribution in [-0.2, 0) is 4.79 Å². The second kappa shape index (κ2) is 7.06. The van der Waals surface area contributed by atoms with Crippen LogP contribution < -0.4 is 0 Å². The maximum Gasteiger partial charge on any atom is 0.246 e. The Hall–Kier alpha value is -2.87. The Labute approximate surface area is 123 Å². The lowest BCUT2D eigenvalue weighted by molar-refractivity contribution is -0.124. The molecule has 5 nitrogen and oxygen atoms in total. The summed E-state index contributed by atoms with van der Waals surface area (Å²) in [6, 6.07) is 11.8. The molecule has 2 rings (SSSR count). The third-order valence-electron chi connectivity index (χ3n) is 2.98. The highest BCUT2D eigenvalue weighted by Crippen LogP contribution is 2.08. The largest absolute Gasteiger partial charge is 0.341 e. The molecule has 106 valence electrons. The SMILES string of the molecule is CN(CCC#N)C(=O)/C=C/c1cnn(-c2ccccc2)c1. The molecule has 0 aliphatic rings. The van der Waals surface area contributed by atoms with E-state index < -0.39 is 0 Å². The van der Waals surface area contributed by atoms with Crippen LogP contribution in [0.5, 0.6) is 0 Å². The number of nitrogens with zero attached hydrogens (tertiary/aromatic N) is 4. The van der Waals surface area contributed by atoms with Gasteiger partial charge >= 0.3 is 0 Å². The number of nitriles is 1. The number of hydrogen-bond donors (Lipinski definition) is 0. The smallest absolute Gasteiger partial charge is 0.246 e. The number of carbonyl (C=O) groups excluding carboxylic acids is 1. The van der Waals surface area contributed by atoms with Gasteiger partial charge in [-0.1, -0.05) is 18.2 Å². The van der Waals surface area contributed by atoms with Crippen LogP contribution in [-0.4, -0.2) is 34.2 Å². The fraction of sp³-hybridized carbons (Fsp3) is 0.188. The van der Waals surface area contributed by atoms with Crippen LogP contribution in [0.1, 0.15) is 12.0 Å². The van der Waals surface area contributed by atoms with Crippen molar-refractivity contribution in [3.8, 4) is 11.8 Å². The van der Waals surface area contributed by atoms with Gasteiger partial charge in [-0.2, -0.15) is 10.4 Å². The van der Waals surface area contributed by atoms with Gasteiger partial charge in [-0.25, -0.2) is 4.68 Å². The van der Waals surface area contributed by atoms with Crippen LogP contribution in [0.4, 0.5) is 0 Å². The number of hydrogen-bond acceptors (Lipinski definition) is 3. The Balaban J connectivity index is 2.01. The van der Waals surface area contributed by atoms with Crippen LogP contribution in [0.15, 0.2) is 48.8 Å². The first kappa shape index (κ1) is 14.5. The van der Waals surface area contributed by atoms with E-state index >= 15 is 0 Å². The number of amides is 1. The molecule has 0 aliphatic heterocycles. The molecule has 0 spiro atoms. The van der Waals surface area contributed by atoms with E-state index in [0.29, 0.717) is 13.0 Å². The highest BCUT2D eigenvalue weighted by atomic mass is 16.2. The van der Waals surface area contributed by atoms with Gasteiger partial charge in [-0.15, -0.1) is 0 Å². The second-order valence-corrected chi connectivity index (χ2v) is 4.56. The van der Waals surface area contributed by atoms with Crippen molar-refractivity contribution in [1.29, 1.82) is 5.26 Å². The number of aromatic nitrogens is 2. The molecular weight excluding hydrogens is 264 g/mol. The molecule has 0 bridgehead atoms. The molecule has 5 heteroatoms. The maximum atomic E-state index is 11.8. The van der Waals surface area contributed by atoms with Gasteiger partial charge < -0.3 is 4.90 Å². The topological polar surface area (TPSA) is 61.9 Å². The van der Waals surface area contributed by atoms with Gasteiger partial charge in [0.25, 0.3) is 0 Å². The van der Waals surface area contributed by atoms with Gasteiger partial charge in [0, 0.05) is 31.4 Å². The molecule has 0 unspecified atom stereocenters. The number of likely N-dealkylation sites (N-methyl/N-ethyl adjacent to an activating group) is 1. The van der Waals surface area contributed by atoms with Gasteiger partial charge in [-0.05, 0) is 18.2 Å². The lowest BCUT2D eigenvalue weighted by atomic mass is 10.3. The van der Waals surface area contributed by atoms with Crippen LogP contribution in [0, 0.1) is 11.3 Å². The summed E-state index contributed by atoms with van der Waals surface area (Å²) in [4.78, 5) is 13.3. The van der Waals surface area contributed by atoms with Crippen LogP contribution >= 0.6 is 0 Å². The highest BCUT2D eigenvalue weighted by molar-refractivity contribution is 5.91. The first-order chi connectivity index (χ1) is 10.2. The zero-order valence-corrected chi connectivity index (χ0v) is 11.8. The number of benzene rings is 1. The summed E-state index contributed by atoms with van der Waals surface area (Å²) in [6.45, 7) is 0.433. The van der Waals surface area contributed by atoms with E-state index in [1.54, 1.807) is 24.0 Å². The molecule has 2 aromatic rings. The zero-order chi connectivity index (χ0) is 15.1. The fourth-order valence-electron chi connectivity index (χ4n) is 1.77. The Bertz CT molecular complexity index is 667. The molecular formula is C16H16N4O. The quantitative estimate of drug-likeness (QED) is 0.789. The summed E-state index contributed by atoms with van der Waals surface area (Å²) < 4.78 is 1.75. The van der Waals surface area contributed by atoms with E-state index in [2.05, 4.69) is 5.10 Å². The Kier molecular flexibility index (Phi) is 4.89. The minimum absolute atomic E-state index is 0.127. The first-order valence-corrected chi connectivity index (χ1v) is 6.61. The third-order valence-corrected chi connectivity index (χ3v) is 2.98. The van der Waals surface area contributed by atoms with Crippen molar-refractivity contribution in [2.45, 2.75) is 6.42 Å². The molecule has 1 aromatic heterocycles. The molecule has 1 heterocycles. The van der Waals surface area contributed by atoms with Crippen LogP contribution in [0.3, 0.4) is 0 Å². The van der Waals surface area contributed by atoms with Crippen molar-refractivity contribution in [2.75, 3.05) is 13.6 Å². The second-order valence-electron chi connectivity index (χ2n) is 4.56. The summed E-state index contributed by atoms with van der Waals surface area (Å²) in [5, 5.41) is 12.8. The monoisotopic (exact) mass is 280 g/mol. The summed E-state index contributed by atoms with van der Waals surface area (Å²) >= 11 is 0. The average molecular weight is 280 g/mol. The summed E-state index contributed by atoms with van der Waals surface area (Å²) in [5.74, 6) is -0.127. The molecule has 0 saturated carbocycles.